The number of nitrogens with one attached hydrogen (secondary N) is 3. The first kappa shape index (κ1) is 11.2. The van der Waals surface area contributed by atoms with Crippen molar-refractivity contribution in [1.29, 1.82) is 0 Å². The molecule has 4 nitrogen and oxygen atoms in total. The molecule has 0 aromatic heterocycles. The highest BCUT2D eigenvalue weighted by atomic mass is 32.1. The maximum absolute atomic E-state index is 5.29. The van der Waals surface area contributed by atoms with Gasteiger partial charge in [0.2, 0.25) is 0 Å². The fourth-order valence-corrected chi connectivity index (χ4v) is 0.785. The van der Waals surface area contributed by atoms with Gasteiger partial charge in [0.1, 0.15) is 0 Å². The molecule has 5 heteroatoms. The molecule has 0 atom stereocenters. The summed E-state index contributed by atoms with van der Waals surface area (Å²) in [5, 5.41) is 6.42. The molecule has 5 N–H and O–H groups in total. The van der Waals surface area contributed by atoms with Crippen LogP contribution in [0.4, 0.5) is 0 Å². The van der Waals surface area contributed by atoms with Crippen molar-refractivity contribution in [3.63, 3.8) is 0 Å². The van der Waals surface area contributed by atoms with Crippen molar-refractivity contribution in [2.75, 3.05) is 39.3 Å². The Labute approximate surface area is 73.8 Å². The molecule has 0 aliphatic heterocycles. The van der Waals surface area contributed by atoms with Crippen LogP contribution in [0, 0.1) is 0 Å². The molecule has 0 rings (SSSR count). The molecule has 0 amide bonds. The summed E-state index contributed by atoms with van der Waals surface area (Å²) in [4.78, 5) is 0. The molecule has 68 valence electrons. The standard InChI is InChI=1S/C6H18N4S/c7-1-2-8-3-4-9-5-6-10-11/h8-11H,1-7H2. The largest absolute Gasteiger partial charge is 0.329 e. The molecule has 0 aromatic rings. The minimum absolute atomic E-state index is 0.707. The van der Waals surface area contributed by atoms with Crippen molar-refractivity contribution in [3.8, 4) is 0 Å². The number of rotatable bonds is 8. The maximum Gasteiger partial charge on any atom is 0.0182 e. The average molecular weight is 178 g/mol. The quantitative estimate of drug-likeness (QED) is 0.233. The molecule has 0 aliphatic rings. The summed E-state index contributed by atoms with van der Waals surface area (Å²) in [7, 11) is 0. The Morgan fingerprint density at radius 1 is 0.909 bits per heavy atom. The summed E-state index contributed by atoms with van der Waals surface area (Å²) in [6, 6.07) is 0. The lowest BCUT2D eigenvalue weighted by molar-refractivity contribution is 0.614. The van der Waals surface area contributed by atoms with E-state index in [1.165, 1.54) is 0 Å². The summed E-state index contributed by atoms with van der Waals surface area (Å²) in [5.41, 5.74) is 5.29. The molecule has 11 heavy (non-hydrogen) atoms. The number of nitrogens with two attached hydrogens (primary N) is 1. The van der Waals surface area contributed by atoms with Crippen LogP contribution in [-0.2, 0) is 0 Å². The Balaban J connectivity index is 2.69. The van der Waals surface area contributed by atoms with E-state index in [0.29, 0.717) is 6.54 Å². The molecule has 0 fully saturated rings. The molecule has 0 aromatic carbocycles. The lowest BCUT2D eigenvalue weighted by atomic mass is 10.5. The molecule has 0 saturated carbocycles. The Kier molecular flexibility index (Phi) is 10.4. The van der Waals surface area contributed by atoms with Gasteiger partial charge in [0, 0.05) is 39.3 Å². The molecule has 0 spiro atoms. The van der Waals surface area contributed by atoms with Gasteiger partial charge in [-0.15, -0.1) is 0 Å². The van der Waals surface area contributed by atoms with Crippen molar-refractivity contribution in [3.05, 3.63) is 0 Å². The van der Waals surface area contributed by atoms with Gasteiger partial charge < -0.3 is 16.4 Å². The van der Waals surface area contributed by atoms with Crippen LogP contribution in [0.2, 0.25) is 0 Å². The third-order valence-corrected chi connectivity index (χ3v) is 1.44. The zero-order valence-electron chi connectivity index (χ0n) is 6.77. The van der Waals surface area contributed by atoms with Crippen LogP contribution >= 0.6 is 12.8 Å². The molecule has 0 bridgehead atoms. The van der Waals surface area contributed by atoms with Gasteiger partial charge in [-0.05, 0) is 0 Å². The second-order valence-electron chi connectivity index (χ2n) is 2.20. The van der Waals surface area contributed by atoms with Crippen LogP contribution in [0.15, 0.2) is 0 Å². The van der Waals surface area contributed by atoms with E-state index in [9.17, 15) is 0 Å². The highest BCUT2D eigenvalue weighted by Gasteiger charge is 1.85. The lowest BCUT2D eigenvalue weighted by Gasteiger charge is -2.04. The molecule has 0 radical (unpaired) electrons. The van der Waals surface area contributed by atoms with E-state index in [1.807, 2.05) is 0 Å². The summed E-state index contributed by atoms with van der Waals surface area (Å²) < 4.78 is 2.76. The predicted octanol–water partition coefficient (Wildman–Crippen LogP) is -1.44. The van der Waals surface area contributed by atoms with Crippen molar-refractivity contribution < 1.29 is 0 Å². The summed E-state index contributed by atoms with van der Waals surface area (Å²) in [5.74, 6) is 0. The van der Waals surface area contributed by atoms with Crippen LogP contribution in [0.25, 0.3) is 0 Å². The van der Waals surface area contributed by atoms with E-state index in [-0.39, 0.29) is 0 Å². The minimum Gasteiger partial charge on any atom is -0.329 e. The number of hydrogen-bond acceptors (Lipinski definition) is 5. The first-order valence-electron chi connectivity index (χ1n) is 3.90. The highest BCUT2D eigenvalue weighted by Crippen LogP contribution is 1.61. The topological polar surface area (TPSA) is 62.1 Å². The second kappa shape index (κ2) is 10.2. The number of hydrogen-bond donors (Lipinski definition) is 5. The minimum atomic E-state index is 0.707. The summed E-state index contributed by atoms with van der Waals surface area (Å²) in [6.45, 7) is 5.40. The van der Waals surface area contributed by atoms with Crippen molar-refractivity contribution in [2.24, 2.45) is 5.73 Å². The van der Waals surface area contributed by atoms with E-state index >= 15 is 0 Å². The Bertz CT molecular complexity index is 63.6. The lowest BCUT2D eigenvalue weighted by Crippen LogP contribution is -2.32. The van der Waals surface area contributed by atoms with Crippen LogP contribution < -0.4 is 21.1 Å². The molecule has 0 aliphatic carbocycles. The van der Waals surface area contributed by atoms with Gasteiger partial charge in [-0.25, -0.2) is 0 Å². The van der Waals surface area contributed by atoms with Gasteiger partial charge in [0.15, 0.2) is 0 Å². The highest BCUT2D eigenvalue weighted by molar-refractivity contribution is 7.78. The van der Waals surface area contributed by atoms with Crippen LogP contribution in [0.5, 0.6) is 0 Å². The molecular weight excluding hydrogens is 160 g/mol. The Hall–Kier alpha value is 0.190. The van der Waals surface area contributed by atoms with E-state index in [4.69, 9.17) is 5.73 Å². The van der Waals surface area contributed by atoms with Crippen molar-refractivity contribution in [1.82, 2.24) is 15.4 Å². The van der Waals surface area contributed by atoms with E-state index in [2.05, 4.69) is 28.2 Å². The van der Waals surface area contributed by atoms with Gasteiger partial charge in [-0.1, -0.05) is 12.8 Å². The van der Waals surface area contributed by atoms with E-state index in [1.54, 1.807) is 0 Å². The first-order valence-corrected chi connectivity index (χ1v) is 4.35. The second-order valence-corrected chi connectivity index (χ2v) is 2.51. The predicted molar refractivity (Wildman–Crippen MR) is 51.8 cm³/mol. The smallest absolute Gasteiger partial charge is 0.0182 e. The fourth-order valence-electron chi connectivity index (χ4n) is 0.673. The zero-order valence-corrected chi connectivity index (χ0v) is 7.66. The van der Waals surface area contributed by atoms with Crippen LogP contribution in [0.1, 0.15) is 0 Å². The van der Waals surface area contributed by atoms with Gasteiger partial charge in [-0.3, -0.25) is 4.72 Å². The van der Waals surface area contributed by atoms with Crippen LogP contribution in [-0.4, -0.2) is 39.3 Å². The van der Waals surface area contributed by atoms with Crippen molar-refractivity contribution in [2.45, 2.75) is 0 Å². The average Bonchev–Trinajstić information content (AvgIpc) is 2.03. The number of thiol groups is 1. The molecule has 0 saturated heterocycles. The monoisotopic (exact) mass is 178 g/mol. The van der Waals surface area contributed by atoms with Crippen LogP contribution in [0.3, 0.4) is 0 Å². The maximum atomic E-state index is 5.29. The SMILES string of the molecule is NCCNCCNCCNS. The normalized spacial score (nSPS) is 10.4. The summed E-state index contributed by atoms with van der Waals surface area (Å²) in [6.07, 6.45) is 0. The van der Waals surface area contributed by atoms with Gasteiger partial charge in [0.05, 0.1) is 0 Å². The fraction of sp³-hybridized carbons (Fsp3) is 1.00. The summed E-state index contributed by atoms with van der Waals surface area (Å²) >= 11 is 3.86. The van der Waals surface area contributed by atoms with Gasteiger partial charge in [0.25, 0.3) is 0 Å². The zero-order chi connectivity index (χ0) is 8.36. The van der Waals surface area contributed by atoms with Gasteiger partial charge >= 0.3 is 0 Å². The first-order chi connectivity index (χ1) is 5.41. The molecule has 0 heterocycles. The molecular formula is C6H18N4S. The Morgan fingerprint density at radius 2 is 1.45 bits per heavy atom. The molecule has 0 unspecified atom stereocenters. The third-order valence-electron chi connectivity index (χ3n) is 1.21. The van der Waals surface area contributed by atoms with Crippen molar-refractivity contribution >= 4 is 12.8 Å². The third kappa shape index (κ3) is 10.2. The Morgan fingerprint density at radius 3 is 2.00 bits per heavy atom. The van der Waals surface area contributed by atoms with E-state index < -0.39 is 0 Å². The van der Waals surface area contributed by atoms with Gasteiger partial charge in [-0.2, -0.15) is 0 Å². The van der Waals surface area contributed by atoms with E-state index in [0.717, 1.165) is 32.7 Å².